The summed E-state index contributed by atoms with van der Waals surface area (Å²) in [6.07, 6.45) is 7.08. The minimum absolute atomic E-state index is 0.0418. The topological polar surface area (TPSA) is 62.2 Å². The zero-order valence-electron chi connectivity index (χ0n) is 16.4. The highest BCUT2D eigenvalue weighted by molar-refractivity contribution is 5.78. The van der Waals surface area contributed by atoms with Crippen LogP contribution in [0.25, 0.3) is 0 Å². The molecular formula is C22H30N2O4. The number of rotatable bonds is 3. The lowest BCUT2D eigenvalue weighted by Crippen LogP contribution is -2.56. The molecule has 0 bridgehead atoms. The molecule has 6 heteroatoms. The standard InChI is InChI=1S/C22H30N2O4/c25-20(23-10-3-4-11-23)14-24-12-9-22(26)8-2-1-5-17(22)21(24)16-6-7-18-19(13-16)28-15-27-18/h6-7,13,17,21,26H,1-5,8-12,14-15H2. The van der Waals surface area contributed by atoms with E-state index in [9.17, 15) is 9.90 Å². The second-order valence-electron chi connectivity index (χ2n) is 8.82. The van der Waals surface area contributed by atoms with Crippen LogP contribution in [0.15, 0.2) is 18.2 Å². The molecule has 3 fully saturated rings. The van der Waals surface area contributed by atoms with Crippen LogP contribution in [0.2, 0.25) is 0 Å². The van der Waals surface area contributed by atoms with Gasteiger partial charge in [0.15, 0.2) is 11.5 Å². The van der Waals surface area contributed by atoms with E-state index in [1.807, 2.05) is 11.0 Å². The molecule has 3 heterocycles. The molecule has 5 rings (SSSR count). The van der Waals surface area contributed by atoms with Crippen molar-refractivity contribution in [2.45, 2.75) is 56.6 Å². The molecule has 28 heavy (non-hydrogen) atoms. The van der Waals surface area contributed by atoms with Crippen molar-refractivity contribution in [2.75, 3.05) is 33.0 Å². The average molecular weight is 386 g/mol. The smallest absolute Gasteiger partial charge is 0.236 e. The Kier molecular flexibility index (Phi) is 4.71. The number of hydrogen-bond acceptors (Lipinski definition) is 5. The Labute approximate surface area is 166 Å². The molecule has 1 aliphatic carbocycles. The summed E-state index contributed by atoms with van der Waals surface area (Å²) in [7, 11) is 0. The van der Waals surface area contributed by atoms with E-state index in [1.165, 1.54) is 0 Å². The largest absolute Gasteiger partial charge is 0.454 e. The Bertz CT molecular complexity index is 748. The lowest BCUT2D eigenvalue weighted by Gasteiger charge is -2.52. The van der Waals surface area contributed by atoms with Gasteiger partial charge in [0.1, 0.15) is 0 Å². The van der Waals surface area contributed by atoms with Gasteiger partial charge in [-0.15, -0.1) is 0 Å². The molecule has 1 aromatic carbocycles. The minimum Gasteiger partial charge on any atom is -0.454 e. The maximum atomic E-state index is 12.9. The highest BCUT2D eigenvalue weighted by Crippen LogP contribution is 2.50. The molecule has 1 amide bonds. The Morgan fingerprint density at radius 3 is 2.75 bits per heavy atom. The molecule has 152 valence electrons. The Balaban J connectivity index is 1.45. The zero-order chi connectivity index (χ0) is 19.1. The van der Waals surface area contributed by atoms with E-state index >= 15 is 0 Å². The third-order valence-corrected chi connectivity index (χ3v) is 7.21. The predicted octanol–water partition coefficient (Wildman–Crippen LogP) is 2.71. The lowest BCUT2D eigenvalue weighted by molar-refractivity contribution is -0.144. The molecule has 6 nitrogen and oxygen atoms in total. The zero-order valence-corrected chi connectivity index (χ0v) is 16.4. The summed E-state index contributed by atoms with van der Waals surface area (Å²) in [5, 5.41) is 11.4. The van der Waals surface area contributed by atoms with Crippen LogP contribution in [-0.2, 0) is 4.79 Å². The quantitative estimate of drug-likeness (QED) is 0.865. The van der Waals surface area contributed by atoms with Crippen molar-refractivity contribution in [1.29, 1.82) is 0 Å². The van der Waals surface area contributed by atoms with Gasteiger partial charge in [-0.25, -0.2) is 0 Å². The SMILES string of the molecule is O=C(CN1CCC2(O)CCCCC2C1c1ccc2c(c1)OCO2)N1CCCC1. The van der Waals surface area contributed by atoms with Gasteiger partial charge in [0.05, 0.1) is 12.1 Å². The van der Waals surface area contributed by atoms with Crippen molar-refractivity contribution in [3.63, 3.8) is 0 Å². The van der Waals surface area contributed by atoms with Gasteiger partial charge in [-0.3, -0.25) is 9.69 Å². The number of likely N-dealkylation sites (tertiary alicyclic amines) is 2. The highest BCUT2D eigenvalue weighted by atomic mass is 16.7. The molecule has 1 aromatic rings. The fourth-order valence-corrected chi connectivity index (χ4v) is 5.70. The van der Waals surface area contributed by atoms with E-state index in [2.05, 4.69) is 17.0 Å². The first-order chi connectivity index (χ1) is 13.6. The second-order valence-corrected chi connectivity index (χ2v) is 8.82. The van der Waals surface area contributed by atoms with E-state index in [0.29, 0.717) is 6.54 Å². The van der Waals surface area contributed by atoms with Crippen LogP contribution in [-0.4, -0.2) is 59.4 Å². The van der Waals surface area contributed by atoms with Crippen LogP contribution < -0.4 is 9.47 Å². The minimum atomic E-state index is -0.619. The summed E-state index contributed by atoms with van der Waals surface area (Å²) in [4.78, 5) is 17.2. The molecule has 0 radical (unpaired) electrons. The number of fused-ring (bicyclic) bond motifs is 2. The van der Waals surface area contributed by atoms with E-state index in [0.717, 1.165) is 81.6 Å². The Hall–Kier alpha value is -1.79. The maximum Gasteiger partial charge on any atom is 0.236 e. The van der Waals surface area contributed by atoms with E-state index in [1.54, 1.807) is 0 Å². The van der Waals surface area contributed by atoms with Gasteiger partial charge in [0, 0.05) is 31.6 Å². The van der Waals surface area contributed by atoms with E-state index < -0.39 is 5.60 Å². The molecule has 3 aliphatic heterocycles. The van der Waals surface area contributed by atoms with Crippen LogP contribution in [0.3, 0.4) is 0 Å². The van der Waals surface area contributed by atoms with E-state index in [4.69, 9.17) is 9.47 Å². The van der Waals surface area contributed by atoms with Crippen molar-refractivity contribution >= 4 is 5.91 Å². The van der Waals surface area contributed by atoms with Gasteiger partial charge in [-0.2, -0.15) is 0 Å². The average Bonchev–Trinajstić information content (AvgIpc) is 3.39. The molecule has 1 N–H and O–H groups in total. The van der Waals surface area contributed by atoms with Crippen molar-refractivity contribution in [2.24, 2.45) is 5.92 Å². The monoisotopic (exact) mass is 386 g/mol. The van der Waals surface area contributed by atoms with Crippen LogP contribution in [0.4, 0.5) is 0 Å². The third kappa shape index (κ3) is 3.16. The van der Waals surface area contributed by atoms with Gasteiger partial charge in [-0.05, 0) is 49.8 Å². The van der Waals surface area contributed by atoms with Crippen molar-refractivity contribution in [1.82, 2.24) is 9.80 Å². The number of amides is 1. The first-order valence-electron chi connectivity index (χ1n) is 10.8. The van der Waals surface area contributed by atoms with Gasteiger partial charge >= 0.3 is 0 Å². The number of nitrogens with zero attached hydrogens (tertiary/aromatic N) is 2. The summed E-state index contributed by atoms with van der Waals surface area (Å²) < 4.78 is 11.1. The third-order valence-electron chi connectivity index (χ3n) is 7.21. The van der Waals surface area contributed by atoms with Gasteiger partial charge in [-0.1, -0.05) is 18.9 Å². The summed E-state index contributed by atoms with van der Waals surface area (Å²) in [6, 6.07) is 6.15. The number of benzene rings is 1. The van der Waals surface area contributed by atoms with Crippen molar-refractivity contribution in [3.8, 4) is 11.5 Å². The molecule has 1 saturated carbocycles. The number of piperidine rings is 1. The lowest BCUT2D eigenvalue weighted by atomic mass is 9.66. The number of aliphatic hydroxyl groups is 1. The summed E-state index contributed by atoms with van der Waals surface area (Å²) in [5.41, 5.74) is 0.510. The normalized spacial score (nSPS) is 32.4. The molecule has 0 spiro atoms. The summed E-state index contributed by atoms with van der Waals surface area (Å²) in [5.74, 6) is 1.93. The van der Waals surface area contributed by atoms with Crippen molar-refractivity contribution < 1.29 is 19.4 Å². The fourth-order valence-electron chi connectivity index (χ4n) is 5.70. The second kappa shape index (κ2) is 7.23. The molecule has 3 unspecified atom stereocenters. The first-order valence-corrected chi connectivity index (χ1v) is 10.8. The van der Waals surface area contributed by atoms with Crippen LogP contribution in [0.1, 0.15) is 56.6 Å². The van der Waals surface area contributed by atoms with Crippen molar-refractivity contribution in [3.05, 3.63) is 23.8 Å². The van der Waals surface area contributed by atoms with Gasteiger partial charge in [0.25, 0.3) is 0 Å². The Morgan fingerprint density at radius 2 is 1.89 bits per heavy atom. The number of carbonyl (C=O) groups excluding carboxylic acids is 1. The predicted molar refractivity (Wildman–Crippen MR) is 104 cm³/mol. The summed E-state index contributed by atoms with van der Waals surface area (Å²) >= 11 is 0. The highest BCUT2D eigenvalue weighted by Gasteiger charge is 2.49. The van der Waals surface area contributed by atoms with Gasteiger partial charge in [0.2, 0.25) is 12.7 Å². The first kappa shape index (κ1) is 18.3. The Morgan fingerprint density at radius 1 is 1.07 bits per heavy atom. The molecule has 3 atom stereocenters. The molecular weight excluding hydrogens is 356 g/mol. The van der Waals surface area contributed by atoms with E-state index in [-0.39, 0.29) is 24.7 Å². The fraction of sp³-hybridized carbons (Fsp3) is 0.682. The van der Waals surface area contributed by atoms with Crippen LogP contribution >= 0.6 is 0 Å². The summed E-state index contributed by atoms with van der Waals surface area (Å²) in [6.45, 7) is 3.22. The molecule has 2 saturated heterocycles. The number of hydrogen-bond donors (Lipinski definition) is 1. The molecule has 0 aromatic heterocycles. The van der Waals surface area contributed by atoms with Gasteiger partial charge < -0.3 is 19.5 Å². The number of carbonyl (C=O) groups is 1. The maximum absolute atomic E-state index is 12.9. The number of ether oxygens (including phenoxy) is 2. The van der Waals surface area contributed by atoms with Crippen LogP contribution in [0.5, 0.6) is 11.5 Å². The molecule has 4 aliphatic rings. The van der Waals surface area contributed by atoms with Crippen LogP contribution in [0, 0.1) is 5.92 Å².